The number of sulfonamides is 1. The molecule has 10 heteroatoms. The highest BCUT2D eigenvalue weighted by Crippen LogP contribution is 2.38. The van der Waals surface area contributed by atoms with Gasteiger partial charge < -0.3 is 15.1 Å². The Labute approximate surface area is 216 Å². The van der Waals surface area contributed by atoms with Crippen LogP contribution in [0.2, 0.25) is 0 Å². The maximum absolute atomic E-state index is 13.4. The number of carbonyl (C=O) groups is 2. The summed E-state index contributed by atoms with van der Waals surface area (Å²) < 4.78 is 27.2. The zero-order valence-corrected chi connectivity index (χ0v) is 22.2. The highest BCUT2D eigenvalue weighted by molar-refractivity contribution is 7.89. The molecule has 1 fully saturated rings. The van der Waals surface area contributed by atoms with E-state index < -0.39 is 10.0 Å². The van der Waals surface area contributed by atoms with Crippen LogP contribution in [0.1, 0.15) is 44.0 Å². The van der Waals surface area contributed by atoms with Crippen LogP contribution in [0.5, 0.6) is 0 Å². The number of hydrogen-bond acceptors (Lipinski definition) is 6. The van der Waals surface area contributed by atoms with Gasteiger partial charge in [-0.25, -0.2) is 8.42 Å². The Morgan fingerprint density at radius 1 is 1.08 bits per heavy atom. The van der Waals surface area contributed by atoms with Gasteiger partial charge in [0.1, 0.15) is 5.00 Å². The Morgan fingerprint density at radius 2 is 1.72 bits per heavy atom. The molecule has 1 aromatic carbocycles. The maximum Gasteiger partial charge on any atom is 0.257 e. The van der Waals surface area contributed by atoms with Crippen molar-refractivity contribution in [1.82, 2.24) is 14.1 Å². The molecule has 4 rings (SSSR count). The summed E-state index contributed by atoms with van der Waals surface area (Å²) in [5.74, 6) is -0.397. The summed E-state index contributed by atoms with van der Waals surface area (Å²) in [6.45, 7) is 10.6. The lowest BCUT2D eigenvalue weighted by Gasteiger charge is -2.23. The summed E-state index contributed by atoms with van der Waals surface area (Å²) in [4.78, 5) is 31.8. The van der Waals surface area contributed by atoms with E-state index in [1.165, 1.54) is 52.1 Å². The molecule has 8 nitrogen and oxygen atoms in total. The largest absolute Gasteiger partial charge is 0.339 e. The van der Waals surface area contributed by atoms with Crippen molar-refractivity contribution in [2.24, 2.45) is 0 Å². The molecule has 2 aliphatic rings. The van der Waals surface area contributed by atoms with E-state index >= 15 is 0 Å². The van der Waals surface area contributed by atoms with E-state index in [9.17, 15) is 18.0 Å². The number of nitrogens with one attached hydrogen (secondary N) is 1. The third-order valence-corrected chi connectivity index (χ3v) is 9.48. The second-order valence-electron chi connectivity index (χ2n) is 9.07. The van der Waals surface area contributed by atoms with Crippen molar-refractivity contribution >= 4 is 38.2 Å². The first-order valence-corrected chi connectivity index (χ1v) is 14.3. The van der Waals surface area contributed by atoms with E-state index in [0.717, 1.165) is 55.9 Å². The van der Waals surface area contributed by atoms with E-state index in [0.29, 0.717) is 16.1 Å². The first-order chi connectivity index (χ1) is 17.3. The molecular formula is C26H32N4O4S2. The topological polar surface area (TPSA) is 90.0 Å². The average molecular weight is 529 g/mol. The van der Waals surface area contributed by atoms with Gasteiger partial charge in [-0.2, -0.15) is 4.31 Å². The number of likely N-dealkylation sites (N-methyl/N-ethyl adjacent to an activating group) is 1. The molecule has 2 aromatic rings. The molecule has 2 aliphatic heterocycles. The number of nitrogens with zero attached hydrogens (tertiary/aromatic N) is 3. The standard InChI is InChI=1S/C26H32N4O4S2/c1-4-13-30(14-5-2)36(33,34)20-10-8-19(9-11-20)24(31)27-25-23(26(32)29-15-6-7-16-29)21-12-17-28(3)18-22(21)35-25/h4-5,8-11H,1-2,6-7,12-18H2,3H3,(H,27,31). The van der Waals surface area contributed by atoms with Crippen LogP contribution < -0.4 is 5.32 Å². The summed E-state index contributed by atoms with van der Waals surface area (Å²) in [5, 5.41) is 3.52. The quantitative estimate of drug-likeness (QED) is 0.503. The molecule has 192 valence electrons. The summed E-state index contributed by atoms with van der Waals surface area (Å²) in [5.41, 5.74) is 1.97. The van der Waals surface area contributed by atoms with Crippen molar-refractivity contribution < 1.29 is 18.0 Å². The number of thiophene rings is 1. The monoisotopic (exact) mass is 528 g/mol. The number of amides is 2. The van der Waals surface area contributed by atoms with Crippen LogP contribution in [-0.2, 0) is 23.0 Å². The minimum absolute atomic E-state index is 0.0178. The summed E-state index contributed by atoms with van der Waals surface area (Å²) in [6.07, 6.45) is 5.79. The number of fused-ring (bicyclic) bond motifs is 1. The van der Waals surface area contributed by atoms with Gasteiger partial charge in [0, 0.05) is 49.7 Å². The molecule has 0 bridgehead atoms. The smallest absolute Gasteiger partial charge is 0.257 e. The first kappa shape index (κ1) is 26.3. The molecule has 1 N–H and O–H groups in total. The highest BCUT2D eigenvalue weighted by Gasteiger charge is 2.31. The van der Waals surface area contributed by atoms with Crippen LogP contribution in [0, 0.1) is 0 Å². The predicted molar refractivity (Wildman–Crippen MR) is 143 cm³/mol. The minimum atomic E-state index is -3.76. The first-order valence-electron chi connectivity index (χ1n) is 12.0. The Balaban J connectivity index is 1.59. The van der Waals surface area contributed by atoms with Crippen molar-refractivity contribution in [3.63, 3.8) is 0 Å². The number of hydrogen-bond donors (Lipinski definition) is 1. The summed E-state index contributed by atoms with van der Waals surface area (Å²) in [7, 11) is -1.71. The third-order valence-electron chi connectivity index (χ3n) is 6.50. The fourth-order valence-electron chi connectivity index (χ4n) is 4.59. The fourth-order valence-corrected chi connectivity index (χ4v) is 7.28. The zero-order chi connectivity index (χ0) is 25.9. The van der Waals surface area contributed by atoms with Crippen molar-refractivity contribution in [3.8, 4) is 0 Å². The van der Waals surface area contributed by atoms with E-state index in [-0.39, 0.29) is 29.8 Å². The minimum Gasteiger partial charge on any atom is -0.339 e. The van der Waals surface area contributed by atoms with Crippen molar-refractivity contribution in [2.45, 2.75) is 30.7 Å². The number of anilines is 1. The summed E-state index contributed by atoms with van der Waals surface area (Å²) in [6, 6.07) is 5.83. The number of carbonyl (C=O) groups excluding carboxylic acids is 2. The molecule has 1 saturated heterocycles. The molecule has 0 spiro atoms. The van der Waals surface area contributed by atoms with Gasteiger partial charge in [-0.05, 0) is 56.1 Å². The Morgan fingerprint density at radius 3 is 2.33 bits per heavy atom. The molecule has 1 aromatic heterocycles. The van der Waals surface area contributed by atoms with Crippen molar-refractivity contribution in [3.05, 3.63) is 71.1 Å². The van der Waals surface area contributed by atoms with E-state index in [1.54, 1.807) is 0 Å². The van der Waals surface area contributed by atoms with Gasteiger partial charge in [0.2, 0.25) is 10.0 Å². The second-order valence-corrected chi connectivity index (χ2v) is 12.1. The van der Waals surface area contributed by atoms with Gasteiger partial charge in [0.25, 0.3) is 11.8 Å². The van der Waals surface area contributed by atoms with Gasteiger partial charge in [-0.3, -0.25) is 9.59 Å². The molecule has 0 radical (unpaired) electrons. The third kappa shape index (κ3) is 5.31. The molecular weight excluding hydrogens is 496 g/mol. The van der Waals surface area contributed by atoms with Gasteiger partial charge in [0.15, 0.2) is 0 Å². The van der Waals surface area contributed by atoms with Crippen molar-refractivity contribution in [1.29, 1.82) is 0 Å². The Hall–Kier alpha value is -2.79. The van der Waals surface area contributed by atoms with E-state index in [4.69, 9.17) is 0 Å². The SMILES string of the molecule is C=CCN(CC=C)S(=O)(=O)c1ccc(C(=O)Nc2sc3c(c2C(=O)N2CCCC2)CCN(C)C3)cc1. The van der Waals surface area contributed by atoms with Crippen molar-refractivity contribution in [2.75, 3.05) is 45.1 Å². The van der Waals surface area contributed by atoms with Crippen LogP contribution in [0.3, 0.4) is 0 Å². The lowest BCUT2D eigenvalue weighted by molar-refractivity contribution is 0.0792. The van der Waals surface area contributed by atoms with Crippen LogP contribution in [0.25, 0.3) is 0 Å². The molecule has 0 saturated carbocycles. The molecule has 0 unspecified atom stereocenters. The van der Waals surface area contributed by atoms with Gasteiger partial charge in [-0.15, -0.1) is 24.5 Å². The van der Waals surface area contributed by atoms with Crippen LogP contribution in [0.15, 0.2) is 54.5 Å². The van der Waals surface area contributed by atoms with Crippen LogP contribution in [0.4, 0.5) is 5.00 Å². The van der Waals surface area contributed by atoms with Crippen LogP contribution >= 0.6 is 11.3 Å². The second kappa shape index (κ2) is 11.1. The fraction of sp³-hybridized carbons (Fsp3) is 0.385. The normalized spacial score (nSPS) is 16.1. The molecule has 36 heavy (non-hydrogen) atoms. The molecule has 0 aliphatic carbocycles. The maximum atomic E-state index is 13.4. The van der Waals surface area contributed by atoms with Gasteiger partial charge in [-0.1, -0.05) is 12.2 Å². The lowest BCUT2D eigenvalue weighted by atomic mass is 10.0. The van der Waals surface area contributed by atoms with Gasteiger partial charge >= 0.3 is 0 Å². The number of benzene rings is 1. The summed E-state index contributed by atoms with van der Waals surface area (Å²) >= 11 is 1.46. The van der Waals surface area contributed by atoms with E-state index in [2.05, 4.69) is 23.4 Å². The molecule has 0 atom stereocenters. The van der Waals surface area contributed by atoms with E-state index in [1.807, 2.05) is 11.9 Å². The molecule has 3 heterocycles. The highest BCUT2D eigenvalue weighted by atomic mass is 32.2. The van der Waals surface area contributed by atoms with Gasteiger partial charge in [0.05, 0.1) is 10.5 Å². The predicted octanol–water partition coefficient (Wildman–Crippen LogP) is 3.59. The lowest BCUT2D eigenvalue weighted by Crippen LogP contribution is -2.31. The molecule has 2 amide bonds. The number of likely N-dealkylation sites (tertiary alicyclic amines) is 1. The Kier molecular flexibility index (Phi) is 8.09. The average Bonchev–Trinajstić information content (AvgIpc) is 3.51. The van der Waals surface area contributed by atoms with Crippen LogP contribution in [-0.4, -0.2) is 74.1 Å². The number of rotatable bonds is 9. The zero-order valence-electron chi connectivity index (χ0n) is 20.5. The Bertz CT molecular complexity index is 1250.